The van der Waals surface area contributed by atoms with E-state index in [9.17, 15) is 4.79 Å². The van der Waals surface area contributed by atoms with Crippen molar-refractivity contribution in [3.8, 4) is 0 Å². The maximum absolute atomic E-state index is 10.5. The fourth-order valence-corrected chi connectivity index (χ4v) is 1.62. The summed E-state index contributed by atoms with van der Waals surface area (Å²) in [6.45, 7) is 2.61. The molecule has 0 radical (unpaired) electrons. The monoisotopic (exact) mass is 230 g/mol. The molecule has 0 unspecified atom stereocenters. The Morgan fingerprint density at radius 1 is 1.35 bits per heavy atom. The number of carbonyl (C=O) groups is 1. The first kappa shape index (κ1) is 11.4. The number of anilines is 1. The van der Waals surface area contributed by atoms with Crippen molar-refractivity contribution in [3.63, 3.8) is 0 Å². The highest BCUT2D eigenvalue weighted by molar-refractivity contribution is 5.71. The zero-order chi connectivity index (χ0) is 12.3. The first-order valence-electron chi connectivity index (χ1n) is 5.38. The molecular weight excluding hydrogens is 216 g/mol. The minimum absolute atomic E-state index is 0.337. The van der Waals surface area contributed by atoms with Crippen molar-refractivity contribution in [2.75, 3.05) is 11.9 Å². The first-order chi connectivity index (χ1) is 8.19. The van der Waals surface area contributed by atoms with Gasteiger partial charge in [0.25, 0.3) is 0 Å². The average molecular weight is 230 g/mol. The number of rotatable bonds is 4. The van der Waals surface area contributed by atoms with Crippen LogP contribution in [-0.4, -0.2) is 18.3 Å². The maximum atomic E-state index is 10.5. The van der Waals surface area contributed by atoms with Gasteiger partial charge in [0.2, 0.25) is 0 Å². The molecule has 88 valence electrons. The van der Waals surface area contributed by atoms with Gasteiger partial charge in [0, 0.05) is 18.8 Å². The molecule has 2 rings (SSSR count). The Labute approximate surface area is 99.9 Å². The van der Waals surface area contributed by atoms with Crippen LogP contribution in [0, 0.1) is 6.92 Å². The van der Waals surface area contributed by atoms with Gasteiger partial charge in [-0.15, -0.1) is 0 Å². The lowest BCUT2D eigenvalue weighted by molar-refractivity contribution is 0.110. The molecule has 0 N–H and O–H groups in total. The summed E-state index contributed by atoms with van der Waals surface area (Å²) in [6.07, 6.45) is 0.697. The molecule has 4 nitrogen and oxygen atoms in total. The van der Waals surface area contributed by atoms with Gasteiger partial charge in [-0.3, -0.25) is 9.78 Å². The smallest absolute Gasteiger partial charge is 0.196 e. The molecule has 0 bridgehead atoms. The number of furan rings is 1. The Morgan fingerprint density at radius 2 is 2.18 bits per heavy atom. The van der Waals surface area contributed by atoms with E-state index in [1.54, 1.807) is 12.1 Å². The lowest BCUT2D eigenvalue weighted by Gasteiger charge is -2.15. The summed E-state index contributed by atoms with van der Waals surface area (Å²) in [7, 11) is 1.90. The number of hydrogen-bond acceptors (Lipinski definition) is 4. The lowest BCUT2D eigenvalue weighted by atomic mass is 10.3. The van der Waals surface area contributed by atoms with Crippen molar-refractivity contribution in [1.82, 2.24) is 4.98 Å². The maximum Gasteiger partial charge on any atom is 0.196 e. The van der Waals surface area contributed by atoms with Crippen LogP contribution in [-0.2, 0) is 6.54 Å². The highest BCUT2D eigenvalue weighted by atomic mass is 16.4. The predicted octanol–water partition coefficient (Wildman–Crippen LogP) is 2.43. The van der Waals surface area contributed by atoms with Crippen molar-refractivity contribution >= 4 is 12.2 Å². The summed E-state index contributed by atoms with van der Waals surface area (Å²) < 4.78 is 5.33. The predicted molar refractivity (Wildman–Crippen MR) is 65.2 cm³/mol. The summed E-state index contributed by atoms with van der Waals surface area (Å²) in [5, 5.41) is 0. The molecule has 0 aliphatic heterocycles. The van der Waals surface area contributed by atoms with Crippen LogP contribution in [0.2, 0.25) is 0 Å². The highest BCUT2D eigenvalue weighted by Gasteiger charge is 2.07. The number of nitrogens with zero attached hydrogens (tertiary/aromatic N) is 2. The van der Waals surface area contributed by atoms with Crippen molar-refractivity contribution < 1.29 is 9.21 Å². The molecule has 0 saturated carbocycles. The van der Waals surface area contributed by atoms with E-state index in [2.05, 4.69) is 4.98 Å². The highest BCUT2D eigenvalue weighted by Crippen LogP contribution is 2.17. The number of pyridine rings is 1. The second-order valence-electron chi connectivity index (χ2n) is 3.92. The molecule has 2 aromatic rings. The van der Waals surface area contributed by atoms with Crippen molar-refractivity contribution in [1.29, 1.82) is 0 Å². The van der Waals surface area contributed by atoms with Crippen LogP contribution in [0.3, 0.4) is 0 Å². The molecule has 17 heavy (non-hydrogen) atoms. The van der Waals surface area contributed by atoms with Crippen LogP contribution >= 0.6 is 0 Å². The average Bonchev–Trinajstić information content (AvgIpc) is 2.77. The van der Waals surface area contributed by atoms with E-state index in [1.807, 2.05) is 37.1 Å². The van der Waals surface area contributed by atoms with Crippen LogP contribution in [0.5, 0.6) is 0 Å². The number of aldehydes is 1. The fourth-order valence-electron chi connectivity index (χ4n) is 1.62. The summed E-state index contributed by atoms with van der Waals surface area (Å²) in [6, 6.07) is 9.33. The summed E-state index contributed by atoms with van der Waals surface area (Å²) in [5.41, 5.74) is 1.96. The summed E-state index contributed by atoms with van der Waals surface area (Å²) in [4.78, 5) is 16.8. The molecule has 0 atom stereocenters. The van der Waals surface area contributed by atoms with E-state index >= 15 is 0 Å². The molecule has 2 aromatic heterocycles. The standard InChI is InChI=1S/C13H14N2O2/c1-10-4-3-5-11(14-10)8-15(2)13-7-6-12(9-16)17-13/h3-7,9H,8H2,1-2H3. The molecule has 0 saturated heterocycles. The molecule has 0 fully saturated rings. The second-order valence-corrected chi connectivity index (χ2v) is 3.92. The van der Waals surface area contributed by atoms with Gasteiger partial charge in [-0.2, -0.15) is 0 Å². The van der Waals surface area contributed by atoms with Gasteiger partial charge in [-0.25, -0.2) is 0 Å². The Balaban J connectivity index is 2.10. The molecular formula is C13H14N2O2. The molecule has 0 amide bonds. The van der Waals surface area contributed by atoms with Crippen LogP contribution in [0.1, 0.15) is 21.9 Å². The van der Waals surface area contributed by atoms with Crippen LogP contribution < -0.4 is 4.90 Å². The number of aromatic nitrogens is 1. The second kappa shape index (κ2) is 4.82. The molecule has 0 aromatic carbocycles. The van der Waals surface area contributed by atoms with E-state index in [4.69, 9.17) is 4.42 Å². The lowest BCUT2D eigenvalue weighted by Crippen LogP contribution is -2.16. The third kappa shape index (κ3) is 2.72. The number of carbonyl (C=O) groups excluding carboxylic acids is 1. The molecule has 2 heterocycles. The Hall–Kier alpha value is -2.10. The van der Waals surface area contributed by atoms with Gasteiger partial charge >= 0.3 is 0 Å². The van der Waals surface area contributed by atoms with E-state index in [0.717, 1.165) is 11.4 Å². The molecule has 4 heteroatoms. The van der Waals surface area contributed by atoms with Crippen molar-refractivity contribution in [3.05, 3.63) is 47.5 Å². The number of aryl methyl sites for hydroxylation is 1. The fraction of sp³-hybridized carbons (Fsp3) is 0.231. The first-order valence-corrected chi connectivity index (χ1v) is 5.38. The number of hydrogen-bond donors (Lipinski definition) is 0. The summed E-state index contributed by atoms with van der Waals surface area (Å²) >= 11 is 0. The van der Waals surface area contributed by atoms with Gasteiger partial charge < -0.3 is 9.32 Å². The third-order valence-corrected chi connectivity index (χ3v) is 2.45. The Morgan fingerprint density at radius 3 is 2.82 bits per heavy atom. The van der Waals surface area contributed by atoms with Crippen molar-refractivity contribution in [2.45, 2.75) is 13.5 Å². The van der Waals surface area contributed by atoms with Crippen LogP contribution in [0.25, 0.3) is 0 Å². The van der Waals surface area contributed by atoms with Gasteiger partial charge in [0.1, 0.15) is 0 Å². The van der Waals surface area contributed by atoms with E-state index in [1.165, 1.54) is 0 Å². The minimum atomic E-state index is 0.337. The Kier molecular flexibility index (Phi) is 3.23. The largest absolute Gasteiger partial charge is 0.438 e. The van der Waals surface area contributed by atoms with E-state index in [-0.39, 0.29) is 0 Å². The van der Waals surface area contributed by atoms with Gasteiger partial charge in [-0.1, -0.05) is 6.07 Å². The van der Waals surface area contributed by atoms with Gasteiger partial charge in [-0.05, 0) is 25.1 Å². The van der Waals surface area contributed by atoms with Crippen LogP contribution in [0.4, 0.5) is 5.88 Å². The van der Waals surface area contributed by atoms with Crippen LogP contribution in [0.15, 0.2) is 34.7 Å². The summed E-state index contributed by atoms with van der Waals surface area (Å²) in [5.74, 6) is 0.999. The van der Waals surface area contributed by atoms with E-state index < -0.39 is 0 Å². The zero-order valence-corrected chi connectivity index (χ0v) is 9.88. The normalized spacial score (nSPS) is 10.2. The quantitative estimate of drug-likeness (QED) is 0.757. The van der Waals surface area contributed by atoms with Gasteiger partial charge in [0.05, 0.1) is 12.2 Å². The molecule has 0 aliphatic rings. The van der Waals surface area contributed by atoms with E-state index in [0.29, 0.717) is 24.5 Å². The Bertz CT molecular complexity index is 520. The van der Waals surface area contributed by atoms with Gasteiger partial charge in [0.15, 0.2) is 17.9 Å². The molecule has 0 aliphatic carbocycles. The zero-order valence-electron chi connectivity index (χ0n) is 9.88. The topological polar surface area (TPSA) is 46.3 Å². The minimum Gasteiger partial charge on any atom is -0.438 e. The third-order valence-electron chi connectivity index (χ3n) is 2.45. The SMILES string of the molecule is Cc1cccc(CN(C)c2ccc(C=O)o2)n1. The molecule has 0 spiro atoms. The van der Waals surface area contributed by atoms with Crippen molar-refractivity contribution in [2.24, 2.45) is 0 Å².